The summed E-state index contributed by atoms with van der Waals surface area (Å²) in [7, 11) is 2.06. The van der Waals surface area contributed by atoms with Crippen LogP contribution >= 0.6 is 0 Å². The molecule has 2 atom stereocenters. The molecule has 0 saturated carbocycles. The molecule has 1 rings (SSSR count). The number of aliphatic hydroxyl groups excluding tert-OH is 2. The Morgan fingerprint density at radius 2 is 1.62 bits per heavy atom. The van der Waals surface area contributed by atoms with Crippen molar-refractivity contribution in [3.63, 3.8) is 0 Å². The van der Waals surface area contributed by atoms with Crippen molar-refractivity contribution in [2.75, 3.05) is 33.4 Å². The Balaban J connectivity index is 2.38. The zero-order chi connectivity index (χ0) is 23.6. The third-order valence-corrected chi connectivity index (χ3v) is 6.18. The second kappa shape index (κ2) is 18.1. The van der Waals surface area contributed by atoms with Gasteiger partial charge in [0, 0.05) is 19.0 Å². The number of alkyl carbamates (subject to hydrolysis) is 1. The Kier molecular flexibility index (Phi) is 16.2. The zero-order valence-corrected chi connectivity index (χ0v) is 20.2. The van der Waals surface area contributed by atoms with Gasteiger partial charge in [0.2, 0.25) is 0 Å². The summed E-state index contributed by atoms with van der Waals surface area (Å²) >= 11 is 0. The maximum absolute atomic E-state index is 12.3. The van der Waals surface area contributed by atoms with E-state index in [4.69, 9.17) is 19.7 Å². The van der Waals surface area contributed by atoms with Gasteiger partial charge in [-0.05, 0) is 45.7 Å². The molecule has 0 radical (unpaired) electrons. The number of nitrogens with zero attached hydrogens (tertiary/aromatic N) is 1. The maximum Gasteiger partial charge on any atom is 0.407 e. The van der Waals surface area contributed by atoms with Gasteiger partial charge in [-0.25, -0.2) is 4.79 Å². The molecule has 0 aromatic heterocycles. The largest absolute Gasteiger partial charge is 0.457 e. The van der Waals surface area contributed by atoms with Crippen LogP contribution in [-0.2, 0) is 14.3 Å². The van der Waals surface area contributed by atoms with Gasteiger partial charge in [0.15, 0.2) is 0 Å². The van der Waals surface area contributed by atoms with Crippen molar-refractivity contribution in [1.82, 2.24) is 10.2 Å². The van der Waals surface area contributed by atoms with Crippen LogP contribution in [0.15, 0.2) is 0 Å². The first-order valence-electron chi connectivity index (χ1n) is 12.6. The number of likely N-dealkylation sites (tertiary alicyclic amines) is 1. The highest BCUT2D eigenvalue weighted by molar-refractivity contribution is 5.70. The molecule has 8 nitrogen and oxygen atoms in total. The van der Waals surface area contributed by atoms with Crippen LogP contribution in [-0.4, -0.2) is 78.8 Å². The van der Waals surface area contributed by atoms with Crippen LogP contribution in [0.2, 0.25) is 0 Å². The van der Waals surface area contributed by atoms with Crippen molar-refractivity contribution in [2.24, 2.45) is 0 Å². The Labute approximate surface area is 194 Å². The van der Waals surface area contributed by atoms with Crippen LogP contribution in [0.4, 0.5) is 4.79 Å². The van der Waals surface area contributed by atoms with Gasteiger partial charge in [-0.1, -0.05) is 51.9 Å². The van der Waals surface area contributed by atoms with Gasteiger partial charge in [0.05, 0.1) is 13.2 Å². The number of hydrogen-bond donors (Lipinski definition) is 3. The molecule has 188 valence electrons. The molecule has 0 aromatic carbocycles. The smallest absolute Gasteiger partial charge is 0.407 e. The number of carbonyl (C=O) groups excluding carboxylic acids is 2. The Morgan fingerprint density at radius 3 is 2.22 bits per heavy atom. The Hall–Kier alpha value is -1.38. The lowest BCUT2D eigenvalue weighted by atomic mass is 10.0. The summed E-state index contributed by atoms with van der Waals surface area (Å²) in [6.07, 6.45) is 11.2. The summed E-state index contributed by atoms with van der Waals surface area (Å²) in [5, 5.41) is 21.0. The first-order chi connectivity index (χ1) is 15.5. The molecule has 1 fully saturated rings. The van der Waals surface area contributed by atoms with Crippen LogP contribution in [0.3, 0.4) is 0 Å². The predicted octanol–water partition coefficient (Wildman–Crippen LogP) is 3.38. The fourth-order valence-corrected chi connectivity index (χ4v) is 4.06. The van der Waals surface area contributed by atoms with E-state index in [9.17, 15) is 9.59 Å². The monoisotopic (exact) mass is 458 g/mol. The molecule has 1 heterocycles. The molecule has 0 aromatic rings. The molecular formula is C24H46N2O6. The molecule has 8 heteroatoms. The molecule has 1 aliphatic heterocycles. The van der Waals surface area contributed by atoms with Crippen molar-refractivity contribution in [1.29, 1.82) is 0 Å². The Morgan fingerprint density at radius 1 is 0.969 bits per heavy atom. The lowest BCUT2D eigenvalue weighted by Gasteiger charge is -2.22. The molecule has 0 bridgehead atoms. The normalized spacial score (nSPS) is 17.5. The minimum Gasteiger partial charge on any atom is -0.457 e. The lowest BCUT2D eigenvalue weighted by Crippen LogP contribution is -2.39. The van der Waals surface area contributed by atoms with E-state index in [1.165, 1.54) is 38.5 Å². The van der Waals surface area contributed by atoms with Gasteiger partial charge in [0.25, 0.3) is 0 Å². The quantitative estimate of drug-likeness (QED) is 0.213. The molecule has 1 aliphatic rings. The van der Waals surface area contributed by atoms with Gasteiger partial charge in [-0.2, -0.15) is 0 Å². The number of esters is 1. The number of aliphatic hydroxyl groups is 2. The molecule has 3 N–H and O–H groups in total. The number of likely N-dealkylation sites (N-methyl/N-ethyl adjacent to an activating group) is 1. The van der Waals surface area contributed by atoms with E-state index >= 15 is 0 Å². The number of nitrogens with one attached hydrogen (secondary N) is 1. The molecule has 1 saturated heterocycles. The highest BCUT2D eigenvalue weighted by atomic mass is 16.6. The standard InChI is InChI=1S/C24H46N2O6/c1-3-4-5-6-7-8-9-10-13-21(14-15-23(29)31-22(18-27)19-28)32-24(30)25-17-20-12-11-16-26(20)2/h20-22,27-28H,3-19H2,1-2H3,(H,25,30). The summed E-state index contributed by atoms with van der Waals surface area (Å²) in [5.41, 5.74) is 0. The second-order valence-electron chi connectivity index (χ2n) is 8.96. The van der Waals surface area contributed by atoms with Gasteiger partial charge >= 0.3 is 12.1 Å². The Bertz CT molecular complexity index is 501. The van der Waals surface area contributed by atoms with Crippen LogP contribution in [0.25, 0.3) is 0 Å². The van der Waals surface area contributed by atoms with Crippen molar-refractivity contribution >= 4 is 12.1 Å². The minimum absolute atomic E-state index is 0.0802. The van der Waals surface area contributed by atoms with Crippen molar-refractivity contribution in [2.45, 2.75) is 109 Å². The summed E-state index contributed by atoms with van der Waals surface area (Å²) in [6.45, 7) is 2.99. The molecule has 0 spiro atoms. The van der Waals surface area contributed by atoms with E-state index in [-0.39, 0.29) is 12.5 Å². The summed E-state index contributed by atoms with van der Waals surface area (Å²) in [6, 6.07) is 0.345. The molecule has 32 heavy (non-hydrogen) atoms. The van der Waals surface area contributed by atoms with Crippen molar-refractivity contribution < 1.29 is 29.3 Å². The predicted molar refractivity (Wildman–Crippen MR) is 124 cm³/mol. The third-order valence-electron chi connectivity index (χ3n) is 6.18. The maximum atomic E-state index is 12.3. The number of rotatable bonds is 18. The minimum atomic E-state index is -0.902. The van der Waals surface area contributed by atoms with Crippen LogP contribution in [0, 0.1) is 0 Å². The topological polar surface area (TPSA) is 108 Å². The fraction of sp³-hybridized carbons (Fsp3) is 0.917. The van der Waals surface area contributed by atoms with E-state index in [0.717, 1.165) is 32.2 Å². The van der Waals surface area contributed by atoms with Crippen molar-refractivity contribution in [3.05, 3.63) is 0 Å². The molecule has 1 amide bonds. The number of carbonyl (C=O) groups is 2. The molecule has 0 aliphatic carbocycles. The highest BCUT2D eigenvalue weighted by Crippen LogP contribution is 2.17. The lowest BCUT2D eigenvalue weighted by molar-refractivity contribution is -0.154. The highest BCUT2D eigenvalue weighted by Gasteiger charge is 2.23. The number of ether oxygens (including phenoxy) is 2. The second-order valence-corrected chi connectivity index (χ2v) is 8.96. The van der Waals surface area contributed by atoms with Gasteiger partial charge in [0.1, 0.15) is 12.2 Å². The summed E-state index contributed by atoms with van der Waals surface area (Å²) < 4.78 is 10.7. The fourth-order valence-electron chi connectivity index (χ4n) is 4.06. The summed E-state index contributed by atoms with van der Waals surface area (Å²) in [5.74, 6) is -0.504. The van der Waals surface area contributed by atoms with E-state index in [0.29, 0.717) is 25.4 Å². The third kappa shape index (κ3) is 13.2. The van der Waals surface area contributed by atoms with Crippen LogP contribution in [0.1, 0.15) is 90.4 Å². The van der Waals surface area contributed by atoms with Gasteiger partial charge in [-0.15, -0.1) is 0 Å². The van der Waals surface area contributed by atoms with Gasteiger partial charge in [-0.3, -0.25) is 4.79 Å². The molecule has 2 unspecified atom stereocenters. The van der Waals surface area contributed by atoms with Crippen LogP contribution in [0.5, 0.6) is 0 Å². The average Bonchev–Trinajstić information content (AvgIpc) is 3.20. The van der Waals surface area contributed by atoms with E-state index < -0.39 is 31.4 Å². The van der Waals surface area contributed by atoms with Crippen molar-refractivity contribution in [3.8, 4) is 0 Å². The average molecular weight is 459 g/mol. The first kappa shape index (κ1) is 28.7. The number of amides is 1. The van der Waals surface area contributed by atoms with Gasteiger partial charge < -0.3 is 29.9 Å². The van der Waals surface area contributed by atoms with Crippen LogP contribution < -0.4 is 5.32 Å². The molecular weight excluding hydrogens is 412 g/mol. The zero-order valence-electron chi connectivity index (χ0n) is 20.2. The van der Waals surface area contributed by atoms with E-state index in [1.54, 1.807) is 0 Å². The number of unbranched alkanes of at least 4 members (excludes halogenated alkanes) is 7. The van der Waals surface area contributed by atoms with E-state index in [1.807, 2.05) is 0 Å². The first-order valence-corrected chi connectivity index (χ1v) is 12.6. The summed E-state index contributed by atoms with van der Waals surface area (Å²) in [4.78, 5) is 26.6. The van der Waals surface area contributed by atoms with E-state index in [2.05, 4.69) is 24.2 Å². The number of hydrogen-bond acceptors (Lipinski definition) is 7. The SMILES string of the molecule is CCCCCCCCCCC(CCC(=O)OC(CO)CO)OC(=O)NCC1CCCN1C.